The van der Waals surface area contributed by atoms with Crippen molar-refractivity contribution in [2.24, 2.45) is 0 Å². The van der Waals surface area contributed by atoms with Crippen molar-refractivity contribution in [3.63, 3.8) is 0 Å². The topological polar surface area (TPSA) is 52.7 Å². The van der Waals surface area contributed by atoms with E-state index in [9.17, 15) is 8.42 Å². The largest absolute Gasteiger partial charge is 0.304 e. The molecule has 21 heavy (non-hydrogen) atoms. The number of piperazine rings is 1. The first-order chi connectivity index (χ1) is 10.0. The first-order valence-corrected chi connectivity index (χ1v) is 9.26. The highest BCUT2D eigenvalue weighted by molar-refractivity contribution is 7.87. The lowest BCUT2D eigenvalue weighted by atomic mass is 10.2. The van der Waals surface area contributed by atoms with E-state index in [1.165, 1.54) is 9.01 Å². The van der Waals surface area contributed by atoms with Gasteiger partial charge in [-0.3, -0.25) is 0 Å². The highest BCUT2D eigenvalue weighted by Crippen LogP contribution is 2.21. The fourth-order valence-electron chi connectivity index (χ4n) is 2.42. The Morgan fingerprint density at radius 2 is 1.95 bits per heavy atom. The number of thiophene rings is 1. The maximum Gasteiger partial charge on any atom is 0.279 e. The molecule has 0 spiro atoms. The number of nitrogens with one attached hydrogen (secondary N) is 1. The van der Waals surface area contributed by atoms with Crippen molar-refractivity contribution in [1.29, 1.82) is 0 Å². The van der Waals surface area contributed by atoms with Gasteiger partial charge in [-0.05, 0) is 41.6 Å². The quantitative estimate of drug-likeness (QED) is 0.926. The molecule has 1 fully saturated rings. The fourth-order valence-corrected chi connectivity index (χ4v) is 4.37. The zero-order valence-corrected chi connectivity index (χ0v) is 13.6. The van der Waals surface area contributed by atoms with Crippen molar-refractivity contribution < 1.29 is 8.42 Å². The number of hydrogen-bond donors (Lipinski definition) is 1. The molecule has 2 heterocycles. The summed E-state index contributed by atoms with van der Waals surface area (Å²) in [6, 6.07) is 8.11. The van der Waals surface area contributed by atoms with Crippen LogP contribution in [0.2, 0.25) is 0 Å². The molecular formula is C14H19N3O2S2. The molecule has 114 valence electrons. The summed E-state index contributed by atoms with van der Waals surface area (Å²) in [6.45, 7) is 2.99. The molecule has 0 radical (unpaired) electrons. The van der Waals surface area contributed by atoms with Crippen LogP contribution in [0.4, 0.5) is 0 Å². The van der Waals surface area contributed by atoms with Gasteiger partial charge in [-0.25, -0.2) is 0 Å². The Morgan fingerprint density at radius 3 is 2.71 bits per heavy atom. The molecule has 0 unspecified atom stereocenters. The van der Waals surface area contributed by atoms with Crippen LogP contribution in [0, 0.1) is 0 Å². The van der Waals surface area contributed by atoms with Crippen LogP contribution in [0.3, 0.4) is 0 Å². The molecule has 5 nitrogen and oxygen atoms in total. The minimum absolute atomic E-state index is 0.334. The molecule has 1 saturated heterocycles. The molecule has 2 aromatic rings. The van der Waals surface area contributed by atoms with E-state index in [2.05, 4.69) is 15.7 Å². The zero-order chi connectivity index (χ0) is 14.9. The molecule has 0 saturated carbocycles. The van der Waals surface area contributed by atoms with E-state index in [1.54, 1.807) is 11.3 Å². The van der Waals surface area contributed by atoms with Crippen molar-refractivity contribution in [1.82, 2.24) is 13.9 Å². The van der Waals surface area contributed by atoms with Crippen LogP contribution in [0.25, 0.3) is 10.1 Å². The number of fused-ring (bicyclic) bond motifs is 1. The molecule has 3 rings (SSSR count). The van der Waals surface area contributed by atoms with Crippen LogP contribution in [0.5, 0.6) is 0 Å². The Morgan fingerprint density at radius 1 is 1.19 bits per heavy atom. The summed E-state index contributed by atoms with van der Waals surface area (Å²) in [5.74, 6) is 0. The molecule has 1 N–H and O–H groups in total. The van der Waals surface area contributed by atoms with E-state index in [4.69, 9.17) is 0 Å². The van der Waals surface area contributed by atoms with E-state index in [1.807, 2.05) is 30.6 Å². The average Bonchev–Trinajstić information content (AvgIpc) is 2.93. The van der Waals surface area contributed by atoms with E-state index < -0.39 is 10.2 Å². The minimum atomic E-state index is -3.39. The molecular weight excluding hydrogens is 306 g/mol. The molecule has 1 aliphatic rings. The first kappa shape index (κ1) is 14.9. The predicted octanol–water partition coefficient (Wildman–Crippen LogP) is 1.48. The van der Waals surface area contributed by atoms with Gasteiger partial charge < -0.3 is 4.90 Å². The van der Waals surface area contributed by atoms with E-state index in [-0.39, 0.29) is 0 Å². The highest BCUT2D eigenvalue weighted by Gasteiger charge is 2.25. The molecule has 0 aliphatic carbocycles. The third-order valence-corrected chi connectivity index (χ3v) is 6.23. The maximum absolute atomic E-state index is 12.3. The van der Waals surface area contributed by atoms with Gasteiger partial charge in [0.15, 0.2) is 0 Å². The van der Waals surface area contributed by atoms with Gasteiger partial charge in [0.25, 0.3) is 10.2 Å². The number of benzene rings is 1. The Balaban J connectivity index is 1.65. The Kier molecular flexibility index (Phi) is 4.28. The van der Waals surface area contributed by atoms with Crippen LogP contribution in [0.15, 0.2) is 29.6 Å². The van der Waals surface area contributed by atoms with E-state index in [0.717, 1.165) is 24.0 Å². The second-order valence-corrected chi connectivity index (χ2v) is 8.02. The van der Waals surface area contributed by atoms with Gasteiger partial charge in [0, 0.05) is 37.4 Å². The lowest BCUT2D eigenvalue weighted by Crippen LogP contribution is -2.50. The minimum Gasteiger partial charge on any atom is -0.304 e. The van der Waals surface area contributed by atoms with Crippen LogP contribution >= 0.6 is 11.3 Å². The molecule has 0 atom stereocenters. The smallest absolute Gasteiger partial charge is 0.279 e. The second-order valence-electron chi connectivity index (χ2n) is 5.32. The number of hydrogen-bond acceptors (Lipinski definition) is 4. The Hall–Kier alpha value is -0.990. The van der Waals surface area contributed by atoms with Gasteiger partial charge in [-0.2, -0.15) is 17.4 Å². The number of rotatable bonds is 4. The molecule has 1 aromatic heterocycles. The summed E-state index contributed by atoms with van der Waals surface area (Å²) in [6.07, 6.45) is 0. The van der Waals surface area contributed by atoms with Crippen LogP contribution in [0.1, 0.15) is 5.56 Å². The summed E-state index contributed by atoms with van der Waals surface area (Å²) in [7, 11) is -1.38. The Bertz CT molecular complexity index is 719. The van der Waals surface area contributed by atoms with Crippen LogP contribution in [-0.2, 0) is 16.8 Å². The first-order valence-electron chi connectivity index (χ1n) is 6.94. The summed E-state index contributed by atoms with van der Waals surface area (Å²) in [5.41, 5.74) is 0.985. The van der Waals surface area contributed by atoms with Crippen molar-refractivity contribution in [2.45, 2.75) is 6.54 Å². The van der Waals surface area contributed by atoms with Gasteiger partial charge in [0.05, 0.1) is 0 Å². The van der Waals surface area contributed by atoms with E-state index >= 15 is 0 Å². The maximum atomic E-state index is 12.3. The molecule has 1 aliphatic heterocycles. The standard InChI is InChI=1S/C14H19N3O2S2/c1-16-5-7-17(8-6-16)21(18,19)15-11-12-2-3-14-13(10-12)4-9-20-14/h2-4,9-10,15H,5-8,11H2,1H3. The van der Waals surface area contributed by atoms with Gasteiger partial charge >= 0.3 is 0 Å². The predicted molar refractivity (Wildman–Crippen MR) is 86.7 cm³/mol. The third kappa shape index (κ3) is 3.44. The summed E-state index contributed by atoms with van der Waals surface area (Å²) >= 11 is 1.69. The summed E-state index contributed by atoms with van der Waals surface area (Å²) in [4.78, 5) is 2.14. The normalized spacial score (nSPS) is 18.3. The third-order valence-electron chi connectivity index (χ3n) is 3.78. The van der Waals surface area contributed by atoms with Gasteiger partial charge in [-0.1, -0.05) is 6.07 Å². The SMILES string of the molecule is CN1CCN(S(=O)(=O)NCc2ccc3sccc3c2)CC1. The lowest BCUT2D eigenvalue weighted by molar-refractivity contribution is 0.221. The van der Waals surface area contributed by atoms with Crippen molar-refractivity contribution in [3.05, 3.63) is 35.2 Å². The average molecular weight is 325 g/mol. The van der Waals surface area contributed by atoms with E-state index in [0.29, 0.717) is 19.6 Å². The van der Waals surface area contributed by atoms with Crippen molar-refractivity contribution in [2.75, 3.05) is 33.2 Å². The fraction of sp³-hybridized carbons (Fsp3) is 0.429. The monoisotopic (exact) mass is 325 g/mol. The van der Waals surface area contributed by atoms with Crippen LogP contribution in [-0.4, -0.2) is 50.8 Å². The van der Waals surface area contributed by atoms with Crippen molar-refractivity contribution >= 4 is 31.6 Å². The van der Waals surface area contributed by atoms with Crippen molar-refractivity contribution in [3.8, 4) is 0 Å². The highest BCUT2D eigenvalue weighted by atomic mass is 32.2. The summed E-state index contributed by atoms with van der Waals surface area (Å²) in [5, 5.41) is 3.21. The number of likely N-dealkylation sites (N-methyl/N-ethyl adjacent to an activating group) is 1. The summed E-state index contributed by atoms with van der Waals surface area (Å²) < 4.78 is 30.0. The number of nitrogens with zero attached hydrogens (tertiary/aromatic N) is 2. The van der Waals surface area contributed by atoms with Gasteiger partial charge in [0.2, 0.25) is 0 Å². The second kappa shape index (κ2) is 6.02. The van der Waals surface area contributed by atoms with Gasteiger partial charge in [0.1, 0.15) is 0 Å². The van der Waals surface area contributed by atoms with Gasteiger partial charge in [-0.15, -0.1) is 11.3 Å². The molecule has 7 heteroatoms. The molecule has 1 aromatic carbocycles. The zero-order valence-electron chi connectivity index (χ0n) is 11.9. The molecule has 0 amide bonds. The molecule has 0 bridgehead atoms. The lowest BCUT2D eigenvalue weighted by Gasteiger charge is -2.31. The Labute approximate surface area is 129 Å². The van der Waals surface area contributed by atoms with Crippen LogP contribution < -0.4 is 4.72 Å².